The maximum Gasteiger partial charge on any atom is 0.234 e. The fourth-order valence-electron chi connectivity index (χ4n) is 2.15. The van der Waals surface area contributed by atoms with Gasteiger partial charge in [0.05, 0.1) is 16.3 Å². The molecule has 1 aromatic carbocycles. The summed E-state index contributed by atoms with van der Waals surface area (Å²) in [4.78, 5) is 12.5. The van der Waals surface area contributed by atoms with E-state index in [9.17, 15) is 10.1 Å². The quantitative estimate of drug-likeness (QED) is 0.655. The number of thioether (sulfide) groups is 1. The van der Waals surface area contributed by atoms with Crippen molar-refractivity contribution in [3.63, 3.8) is 0 Å². The van der Waals surface area contributed by atoms with E-state index in [0.717, 1.165) is 0 Å². The molecule has 1 heterocycles. The lowest BCUT2D eigenvalue weighted by molar-refractivity contribution is -0.121. The number of carbonyl (C=O) groups excluding carboxylic acids is 1. The summed E-state index contributed by atoms with van der Waals surface area (Å²) in [6, 6.07) is 9.38. The third-order valence-electron chi connectivity index (χ3n) is 4.54. The summed E-state index contributed by atoms with van der Waals surface area (Å²) in [7, 11) is 1.81. The lowest BCUT2D eigenvalue weighted by atomic mass is 9.90. The van der Waals surface area contributed by atoms with E-state index in [-0.39, 0.29) is 18.4 Å². The first-order valence-corrected chi connectivity index (χ1v) is 10.1. The fraction of sp³-hybridized carbons (Fsp3) is 0.474. The van der Waals surface area contributed by atoms with Gasteiger partial charge >= 0.3 is 0 Å². The van der Waals surface area contributed by atoms with Gasteiger partial charge in [-0.1, -0.05) is 49.3 Å². The first kappa shape index (κ1) is 22.1. The van der Waals surface area contributed by atoms with Crippen molar-refractivity contribution in [2.75, 3.05) is 0 Å². The van der Waals surface area contributed by atoms with Crippen LogP contribution in [0.25, 0.3) is 0 Å². The number of rotatable bonds is 8. The van der Waals surface area contributed by atoms with Gasteiger partial charge in [0.25, 0.3) is 0 Å². The third-order valence-corrected chi connectivity index (χ3v) is 5.99. The first-order valence-electron chi connectivity index (χ1n) is 8.83. The molecule has 2 aromatic rings. The van der Waals surface area contributed by atoms with E-state index in [4.69, 9.17) is 16.3 Å². The minimum atomic E-state index is -0.917. The van der Waals surface area contributed by atoms with Crippen LogP contribution < -0.4 is 10.1 Å². The molecular formula is C19H24ClN5O2S. The second-order valence-corrected chi connectivity index (χ2v) is 8.61. The fourth-order valence-corrected chi connectivity index (χ4v) is 3.17. The smallest absolute Gasteiger partial charge is 0.234 e. The molecule has 28 heavy (non-hydrogen) atoms. The van der Waals surface area contributed by atoms with Crippen LogP contribution >= 0.6 is 23.4 Å². The number of nitriles is 1. The number of amides is 1. The largest absolute Gasteiger partial charge is 0.484 e. The average molecular weight is 422 g/mol. The van der Waals surface area contributed by atoms with Crippen LogP contribution in [0, 0.1) is 17.2 Å². The summed E-state index contributed by atoms with van der Waals surface area (Å²) in [6.07, 6.45) is 0. The highest BCUT2D eigenvalue weighted by Crippen LogP contribution is 2.26. The zero-order chi connectivity index (χ0) is 20.9. The van der Waals surface area contributed by atoms with E-state index in [0.29, 0.717) is 21.8 Å². The second kappa shape index (κ2) is 9.30. The number of nitrogens with zero attached hydrogens (tertiary/aromatic N) is 4. The Hall–Kier alpha value is -2.24. The molecule has 0 spiro atoms. The van der Waals surface area contributed by atoms with Crippen molar-refractivity contribution < 1.29 is 9.53 Å². The molecule has 0 aliphatic rings. The number of aromatic nitrogens is 3. The van der Waals surface area contributed by atoms with Gasteiger partial charge in [0.15, 0.2) is 11.0 Å². The van der Waals surface area contributed by atoms with Crippen molar-refractivity contribution in [1.29, 1.82) is 5.26 Å². The standard InChI is InChI=1S/C19H24ClN5O2S/c1-12(2)19(4,11-21)22-17(26)13(3)28-18-24-23-16(25(18)5)10-27-15-9-7-6-8-14(15)20/h6-9,12-13H,10H2,1-5H3,(H,22,26). The molecule has 2 atom stereocenters. The molecule has 0 bridgehead atoms. The Morgan fingerprint density at radius 1 is 1.39 bits per heavy atom. The average Bonchev–Trinajstić information content (AvgIpc) is 3.00. The minimum absolute atomic E-state index is 0.0120. The summed E-state index contributed by atoms with van der Waals surface area (Å²) < 4.78 is 7.47. The third kappa shape index (κ3) is 5.18. The summed E-state index contributed by atoms with van der Waals surface area (Å²) in [5.41, 5.74) is -0.917. The monoisotopic (exact) mass is 421 g/mol. The van der Waals surface area contributed by atoms with Crippen LogP contribution in [0.1, 0.15) is 33.5 Å². The van der Waals surface area contributed by atoms with Crippen LogP contribution in [0.15, 0.2) is 29.4 Å². The number of nitrogens with one attached hydrogen (secondary N) is 1. The maximum atomic E-state index is 12.5. The summed E-state index contributed by atoms with van der Waals surface area (Å²) in [5.74, 6) is 0.944. The van der Waals surface area contributed by atoms with E-state index < -0.39 is 10.8 Å². The Morgan fingerprint density at radius 2 is 2.07 bits per heavy atom. The predicted molar refractivity (Wildman–Crippen MR) is 109 cm³/mol. The Bertz CT molecular complexity index is 879. The van der Waals surface area contributed by atoms with Crippen LogP contribution in [-0.4, -0.2) is 31.5 Å². The molecule has 2 rings (SSSR count). The first-order chi connectivity index (χ1) is 13.2. The highest BCUT2D eigenvalue weighted by molar-refractivity contribution is 8.00. The van der Waals surface area contributed by atoms with E-state index in [2.05, 4.69) is 21.6 Å². The molecule has 9 heteroatoms. The molecule has 0 aliphatic heterocycles. The van der Waals surface area contributed by atoms with Crippen molar-refractivity contribution in [3.05, 3.63) is 35.1 Å². The molecule has 150 valence electrons. The molecule has 2 unspecified atom stereocenters. The Balaban J connectivity index is 2.00. The molecule has 7 nitrogen and oxygen atoms in total. The molecule has 1 amide bonds. The Labute approximate surface area is 174 Å². The highest BCUT2D eigenvalue weighted by atomic mass is 35.5. The number of carbonyl (C=O) groups is 1. The molecule has 0 fully saturated rings. The van der Waals surface area contributed by atoms with Gasteiger partial charge in [0, 0.05) is 7.05 Å². The Kier molecular flexibility index (Phi) is 7.33. The van der Waals surface area contributed by atoms with Gasteiger partial charge in [-0.25, -0.2) is 0 Å². The zero-order valence-electron chi connectivity index (χ0n) is 16.6. The molecule has 1 N–H and O–H groups in total. The zero-order valence-corrected chi connectivity index (χ0v) is 18.1. The van der Waals surface area contributed by atoms with Gasteiger partial charge in [0.2, 0.25) is 5.91 Å². The van der Waals surface area contributed by atoms with Crippen LogP contribution in [0.2, 0.25) is 5.02 Å². The van der Waals surface area contributed by atoms with Gasteiger partial charge in [-0.15, -0.1) is 10.2 Å². The lowest BCUT2D eigenvalue weighted by Crippen LogP contribution is -2.51. The van der Waals surface area contributed by atoms with Crippen LogP contribution in [0.4, 0.5) is 0 Å². The van der Waals surface area contributed by atoms with Gasteiger partial charge in [0.1, 0.15) is 17.9 Å². The van der Waals surface area contributed by atoms with Crippen molar-refractivity contribution >= 4 is 29.3 Å². The van der Waals surface area contributed by atoms with E-state index in [1.807, 2.05) is 33.0 Å². The normalized spacial score (nSPS) is 14.2. The summed E-state index contributed by atoms with van der Waals surface area (Å²) >= 11 is 7.36. The van der Waals surface area contributed by atoms with Gasteiger partial charge in [-0.2, -0.15) is 5.26 Å². The predicted octanol–water partition coefficient (Wildman–Crippen LogP) is 3.58. The van der Waals surface area contributed by atoms with E-state index in [1.165, 1.54) is 11.8 Å². The molecule has 0 radical (unpaired) electrons. The van der Waals surface area contributed by atoms with E-state index >= 15 is 0 Å². The topological polar surface area (TPSA) is 92.8 Å². The number of benzene rings is 1. The molecular weight excluding hydrogens is 398 g/mol. The molecule has 1 aromatic heterocycles. The number of para-hydroxylation sites is 1. The van der Waals surface area contributed by atoms with Gasteiger partial charge in [-0.05, 0) is 31.9 Å². The summed E-state index contributed by atoms with van der Waals surface area (Å²) in [5, 5.41) is 21.1. The van der Waals surface area contributed by atoms with Crippen LogP contribution in [-0.2, 0) is 18.4 Å². The second-order valence-electron chi connectivity index (χ2n) is 6.90. The van der Waals surface area contributed by atoms with Gasteiger partial charge in [-0.3, -0.25) is 4.79 Å². The van der Waals surface area contributed by atoms with E-state index in [1.54, 1.807) is 30.5 Å². The number of hydrogen-bond acceptors (Lipinski definition) is 6. The van der Waals surface area contributed by atoms with Crippen LogP contribution in [0.3, 0.4) is 0 Å². The molecule has 0 saturated carbocycles. The number of hydrogen-bond donors (Lipinski definition) is 1. The van der Waals surface area contributed by atoms with Crippen LogP contribution in [0.5, 0.6) is 5.75 Å². The van der Waals surface area contributed by atoms with Crippen molar-refractivity contribution in [2.45, 2.75) is 50.2 Å². The maximum absolute atomic E-state index is 12.5. The number of halogens is 1. The summed E-state index contributed by atoms with van der Waals surface area (Å²) in [6.45, 7) is 7.49. The minimum Gasteiger partial charge on any atom is -0.484 e. The lowest BCUT2D eigenvalue weighted by Gasteiger charge is -2.28. The molecule has 0 aliphatic carbocycles. The Morgan fingerprint density at radius 3 is 2.68 bits per heavy atom. The number of ether oxygens (including phenoxy) is 1. The van der Waals surface area contributed by atoms with Crippen molar-refractivity contribution in [3.8, 4) is 11.8 Å². The van der Waals surface area contributed by atoms with Gasteiger partial charge < -0.3 is 14.6 Å². The molecule has 0 saturated heterocycles. The van der Waals surface area contributed by atoms with Crippen molar-refractivity contribution in [1.82, 2.24) is 20.1 Å². The SMILES string of the molecule is CC(Sc1nnc(COc2ccccc2Cl)n1C)C(=O)NC(C)(C#N)C(C)C. The van der Waals surface area contributed by atoms with Crippen molar-refractivity contribution in [2.24, 2.45) is 13.0 Å². The highest BCUT2D eigenvalue weighted by Gasteiger charge is 2.32.